The summed E-state index contributed by atoms with van der Waals surface area (Å²) < 4.78 is 4.88. The predicted molar refractivity (Wildman–Crippen MR) is 82.5 cm³/mol. The van der Waals surface area contributed by atoms with Gasteiger partial charge in [-0.05, 0) is 31.1 Å². The van der Waals surface area contributed by atoms with E-state index in [9.17, 15) is 9.59 Å². The number of nitrogens with one attached hydrogen (secondary N) is 1. The second kappa shape index (κ2) is 8.37. The number of rotatable bonds is 6. The average molecular weight is 298 g/mol. The van der Waals surface area contributed by atoms with Crippen LogP contribution in [0, 0.1) is 17.8 Å². The van der Waals surface area contributed by atoms with Gasteiger partial charge in [0.25, 0.3) is 0 Å². The van der Waals surface area contributed by atoms with Gasteiger partial charge in [0.15, 0.2) is 0 Å². The van der Waals surface area contributed by atoms with E-state index in [1.807, 2.05) is 0 Å². The minimum Gasteiger partial charge on any atom is -0.469 e. The van der Waals surface area contributed by atoms with Crippen LogP contribution in [-0.2, 0) is 14.3 Å². The molecular formula is C16H30N2O3. The van der Waals surface area contributed by atoms with Crippen molar-refractivity contribution < 1.29 is 14.3 Å². The van der Waals surface area contributed by atoms with E-state index in [-0.39, 0.29) is 35.8 Å². The molecule has 1 aliphatic carbocycles. The van der Waals surface area contributed by atoms with Crippen LogP contribution in [0.15, 0.2) is 0 Å². The van der Waals surface area contributed by atoms with Gasteiger partial charge in [-0.1, -0.05) is 26.7 Å². The van der Waals surface area contributed by atoms with Gasteiger partial charge < -0.3 is 15.8 Å². The highest BCUT2D eigenvalue weighted by molar-refractivity contribution is 5.73. The smallest absolute Gasteiger partial charge is 0.308 e. The number of carbonyl (C=O) groups is 2. The van der Waals surface area contributed by atoms with Gasteiger partial charge in [0.2, 0.25) is 5.91 Å². The number of ether oxygens (including phenoxy) is 1. The number of methoxy groups -OCH3 is 1. The second-order valence-electron chi connectivity index (χ2n) is 6.16. The summed E-state index contributed by atoms with van der Waals surface area (Å²) in [5.74, 6) is 0.251. The van der Waals surface area contributed by atoms with Crippen LogP contribution in [0.1, 0.15) is 52.9 Å². The van der Waals surface area contributed by atoms with Gasteiger partial charge in [0.05, 0.1) is 13.0 Å². The van der Waals surface area contributed by atoms with E-state index in [1.165, 1.54) is 7.11 Å². The minimum absolute atomic E-state index is 0.0284. The van der Waals surface area contributed by atoms with Crippen molar-refractivity contribution >= 4 is 11.9 Å². The summed E-state index contributed by atoms with van der Waals surface area (Å²) in [6.07, 6.45) is 4.27. The lowest BCUT2D eigenvalue weighted by atomic mass is 9.70. The van der Waals surface area contributed by atoms with Crippen molar-refractivity contribution in [3.8, 4) is 0 Å². The Morgan fingerprint density at radius 1 is 1.29 bits per heavy atom. The van der Waals surface area contributed by atoms with Crippen LogP contribution in [0.4, 0.5) is 0 Å². The number of hydrogen-bond acceptors (Lipinski definition) is 4. The summed E-state index contributed by atoms with van der Waals surface area (Å²) in [6, 6.07) is 0.0725. The third-order valence-electron chi connectivity index (χ3n) is 4.88. The SMILES string of the molecule is CCC(CC)[C@H](NC(C)=O)[C@@H]1C[C@@H](C(=O)OC)CC[C@H]1N. The van der Waals surface area contributed by atoms with Crippen molar-refractivity contribution in [1.82, 2.24) is 5.32 Å². The Balaban J connectivity index is 2.91. The van der Waals surface area contributed by atoms with Gasteiger partial charge in [-0.2, -0.15) is 0 Å². The zero-order chi connectivity index (χ0) is 16.0. The lowest BCUT2D eigenvalue weighted by Gasteiger charge is -2.41. The molecule has 5 heteroatoms. The molecule has 0 saturated heterocycles. The first-order valence-corrected chi connectivity index (χ1v) is 8.05. The number of hydrogen-bond donors (Lipinski definition) is 2. The van der Waals surface area contributed by atoms with Gasteiger partial charge in [0, 0.05) is 19.0 Å². The molecule has 5 nitrogen and oxygen atoms in total. The number of nitrogens with two attached hydrogens (primary N) is 1. The molecule has 0 aromatic rings. The molecule has 0 unspecified atom stereocenters. The Morgan fingerprint density at radius 2 is 1.90 bits per heavy atom. The summed E-state index contributed by atoms with van der Waals surface area (Å²) in [6.45, 7) is 5.81. The summed E-state index contributed by atoms with van der Waals surface area (Å²) in [4.78, 5) is 23.4. The predicted octanol–water partition coefficient (Wildman–Crippen LogP) is 1.84. The molecule has 0 heterocycles. The molecule has 0 radical (unpaired) electrons. The standard InChI is InChI=1S/C16H30N2O3/c1-5-11(6-2)15(18-10(3)19)13-9-12(16(20)21-4)7-8-14(13)17/h11-15H,5-9,17H2,1-4H3,(H,18,19)/t12-,13+,14+,15-/m0/s1. The van der Waals surface area contributed by atoms with Crippen molar-refractivity contribution in [1.29, 1.82) is 0 Å². The molecule has 1 saturated carbocycles. The van der Waals surface area contributed by atoms with Crippen molar-refractivity contribution in [3.05, 3.63) is 0 Å². The maximum absolute atomic E-state index is 11.8. The van der Waals surface area contributed by atoms with E-state index in [2.05, 4.69) is 19.2 Å². The van der Waals surface area contributed by atoms with Crippen LogP contribution in [-0.4, -0.2) is 31.1 Å². The lowest BCUT2D eigenvalue weighted by molar-refractivity contribution is -0.147. The van der Waals surface area contributed by atoms with Crippen LogP contribution in [0.2, 0.25) is 0 Å². The van der Waals surface area contributed by atoms with Gasteiger partial charge in [-0.15, -0.1) is 0 Å². The number of esters is 1. The highest BCUT2D eigenvalue weighted by Crippen LogP contribution is 2.35. The van der Waals surface area contributed by atoms with Crippen LogP contribution in [0.3, 0.4) is 0 Å². The van der Waals surface area contributed by atoms with Gasteiger partial charge in [-0.3, -0.25) is 9.59 Å². The molecule has 4 atom stereocenters. The molecule has 0 spiro atoms. The summed E-state index contributed by atoms with van der Waals surface area (Å²) in [7, 11) is 1.43. The molecule has 1 amide bonds. The molecule has 3 N–H and O–H groups in total. The third-order valence-corrected chi connectivity index (χ3v) is 4.88. The molecule has 122 valence electrons. The highest BCUT2D eigenvalue weighted by atomic mass is 16.5. The molecule has 1 aliphatic rings. The zero-order valence-corrected chi connectivity index (χ0v) is 13.7. The van der Waals surface area contributed by atoms with Crippen molar-refractivity contribution in [2.24, 2.45) is 23.5 Å². The fourth-order valence-electron chi connectivity index (χ4n) is 3.63. The Kier molecular flexibility index (Phi) is 7.15. The fraction of sp³-hybridized carbons (Fsp3) is 0.875. The monoisotopic (exact) mass is 298 g/mol. The van der Waals surface area contributed by atoms with Crippen molar-refractivity contribution in [2.75, 3.05) is 7.11 Å². The normalized spacial score (nSPS) is 27.2. The lowest BCUT2D eigenvalue weighted by Crippen LogP contribution is -2.53. The topological polar surface area (TPSA) is 81.4 Å². The highest BCUT2D eigenvalue weighted by Gasteiger charge is 2.39. The second-order valence-corrected chi connectivity index (χ2v) is 6.16. The van der Waals surface area contributed by atoms with E-state index < -0.39 is 0 Å². The molecule has 1 rings (SSSR count). The summed E-state index contributed by atoms with van der Waals surface area (Å²) >= 11 is 0. The van der Waals surface area contributed by atoms with E-state index in [0.717, 1.165) is 25.7 Å². The van der Waals surface area contributed by atoms with Gasteiger partial charge >= 0.3 is 5.97 Å². The summed E-state index contributed by atoms with van der Waals surface area (Å²) in [5.41, 5.74) is 6.30. The van der Waals surface area contributed by atoms with Crippen LogP contribution >= 0.6 is 0 Å². The Morgan fingerprint density at radius 3 is 2.38 bits per heavy atom. The number of carbonyl (C=O) groups excluding carboxylic acids is 2. The van der Waals surface area contributed by atoms with E-state index in [4.69, 9.17) is 10.5 Å². The minimum atomic E-state index is -0.155. The first kappa shape index (κ1) is 18.0. The first-order chi connectivity index (χ1) is 9.94. The Bertz CT molecular complexity index is 355. The van der Waals surface area contributed by atoms with Gasteiger partial charge in [0.1, 0.15) is 0 Å². The average Bonchev–Trinajstić information content (AvgIpc) is 2.46. The quantitative estimate of drug-likeness (QED) is 0.733. The molecule has 21 heavy (non-hydrogen) atoms. The Hall–Kier alpha value is -1.10. The molecule has 1 fully saturated rings. The zero-order valence-electron chi connectivity index (χ0n) is 13.7. The van der Waals surface area contributed by atoms with Crippen LogP contribution < -0.4 is 11.1 Å². The van der Waals surface area contributed by atoms with Crippen molar-refractivity contribution in [3.63, 3.8) is 0 Å². The van der Waals surface area contributed by atoms with E-state index >= 15 is 0 Å². The van der Waals surface area contributed by atoms with Crippen LogP contribution in [0.25, 0.3) is 0 Å². The molecule has 0 aromatic carbocycles. The summed E-state index contributed by atoms with van der Waals surface area (Å²) in [5, 5.41) is 3.09. The largest absolute Gasteiger partial charge is 0.469 e. The maximum Gasteiger partial charge on any atom is 0.308 e. The van der Waals surface area contributed by atoms with E-state index in [1.54, 1.807) is 6.92 Å². The Labute approximate surface area is 128 Å². The molecule has 0 bridgehead atoms. The van der Waals surface area contributed by atoms with Crippen molar-refractivity contribution in [2.45, 2.75) is 65.0 Å². The molecule has 0 aromatic heterocycles. The first-order valence-electron chi connectivity index (χ1n) is 8.05. The number of amides is 1. The van der Waals surface area contributed by atoms with Crippen LogP contribution in [0.5, 0.6) is 0 Å². The van der Waals surface area contributed by atoms with E-state index in [0.29, 0.717) is 12.3 Å². The molecule has 0 aliphatic heterocycles. The molecular weight excluding hydrogens is 268 g/mol. The third kappa shape index (κ3) is 4.70. The fourth-order valence-corrected chi connectivity index (χ4v) is 3.63. The maximum atomic E-state index is 11.8. The van der Waals surface area contributed by atoms with Gasteiger partial charge in [-0.25, -0.2) is 0 Å².